The fourth-order valence-corrected chi connectivity index (χ4v) is 1.82. The molecule has 0 aromatic carbocycles. The Labute approximate surface area is 102 Å². The van der Waals surface area contributed by atoms with E-state index in [0.29, 0.717) is 0 Å². The first-order valence-corrected chi connectivity index (χ1v) is 6.27. The Morgan fingerprint density at radius 3 is 2.29 bits per heavy atom. The monoisotopic (exact) mass is 241 g/mol. The minimum Gasteiger partial charge on any atom is -0.498 e. The van der Waals surface area contributed by atoms with Gasteiger partial charge in [0.2, 0.25) is 0 Å². The van der Waals surface area contributed by atoms with Crippen LogP contribution in [0.2, 0.25) is 5.82 Å². The highest BCUT2D eigenvalue weighted by atomic mass is 16.6. The third-order valence-electron chi connectivity index (χ3n) is 2.87. The number of hydrogen-bond acceptors (Lipinski definition) is 5. The Balaban J connectivity index is 2.60. The van der Waals surface area contributed by atoms with Gasteiger partial charge in [0.1, 0.15) is 0 Å². The molecule has 1 atom stereocenters. The second-order valence-electron chi connectivity index (χ2n) is 4.26. The fourth-order valence-electron chi connectivity index (χ4n) is 1.82. The summed E-state index contributed by atoms with van der Waals surface area (Å²) in [5, 5.41) is 2.66. The van der Waals surface area contributed by atoms with Crippen molar-refractivity contribution >= 4 is 19.1 Å². The zero-order chi connectivity index (χ0) is 12.7. The van der Waals surface area contributed by atoms with Crippen LogP contribution in [0, 0.1) is 0 Å². The van der Waals surface area contributed by atoms with Crippen LogP contribution in [-0.4, -0.2) is 32.1 Å². The van der Waals surface area contributed by atoms with E-state index in [9.17, 15) is 9.59 Å². The molecule has 96 valence electrons. The summed E-state index contributed by atoms with van der Waals surface area (Å²) < 4.78 is 10.3. The van der Waals surface area contributed by atoms with Crippen LogP contribution in [0.4, 0.5) is 0 Å². The average molecular weight is 241 g/mol. The summed E-state index contributed by atoms with van der Waals surface area (Å²) in [5.74, 6) is -0.629. The molecule has 1 rings (SSSR count). The predicted octanol–water partition coefficient (Wildman–Crippen LogP) is 1.13. The molecular weight excluding hydrogens is 221 g/mol. The Morgan fingerprint density at radius 1 is 1.24 bits per heavy atom. The molecule has 0 aliphatic carbocycles. The van der Waals surface area contributed by atoms with Crippen molar-refractivity contribution in [2.45, 2.75) is 45.3 Å². The zero-order valence-electron chi connectivity index (χ0n) is 10.5. The van der Waals surface area contributed by atoms with Crippen LogP contribution in [0.3, 0.4) is 0 Å². The lowest BCUT2D eigenvalue weighted by Gasteiger charge is -2.23. The minimum atomic E-state index is -0.714. The first kappa shape index (κ1) is 14.0. The van der Waals surface area contributed by atoms with Gasteiger partial charge in [-0.15, -0.1) is 0 Å². The van der Waals surface area contributed by atoms with Crippen LogP contribution in [0.25, 0.3) is 0 Å². The molecule has 1 N–H and O–H groups in total. The molecule has 1 heterocycles. The van der Waals surface area contributed by atoms with Gasteiger partial charge in [0.25, 0.3) is 0 Å². The van der Waals surface area contributed by atoms with Gasteiger partial charge in [0, 0.05) is 5.82 Å². The van der Waals surface area contributed by atoms with Gasteiger partial charge in [0.05, 0.1) is 13.1 Å². The van der Waals surface area contributed by atoms with Crippen molar-refractivity contribution in [3.8, 4) is 0 Å². The van der Waals surface area contributed by atoms with E-state index in [4.69, 9.17) is 9.31 Å². The molecule has 5 nitrogen and oxygen atoms in total. The third-order valence-corrected chi connectivity index (χ3v) is 2.87. The molecule has 0 spiro atoms. The minimum absolute atomic E-state index is 0.0653. The largest absolute Gasteiger partial charge is 0.601 e. The van der Waals surface area contributed by atoms with Crippen molar-refractivity contribution in [2.75, 3.05) is 13.1 Å². The molecule has 1 unspecified atom stereocenters. The van der Waals surface area contributed by atoms with E-state index in [0.717, 1.165) is 25.7 Å². The highest BCUT2D eigenvalue weighted by Crippen LogP contribution is 2.24. The number of hydrogen-bond donors (Lipinski definition) is 1. The Morgan fingerprint density at radius 2 is 1.82 bits per heavy atom. The number of nitrogens with one attached hydrogen (secondary N) is 1. The van der Waals surface area contributed by atoms with Crippen LogP contribution >= 0.6 is 0 Å². The average Bonchev–Trinajstić information content (AvgIpc) is 2.27. The lowest BCUT2D eigenvalue weighted by Crippen LogP contribution is -2.43. The van der Waals surface area contributed by atoms with Crippen molar-refractivity contribution in [3.63, 3.8) is 0 Å². The molecule has 0 amide bonds. The molecule has 1 aliphatic heterocycles. The van der Waals surface area contributed by atoms with E-state index in [1.807, 2.05) is 6.92 Å². The first-order chi connectivity index (χ1) is 8.17. The number of carbonyl (C=O) groups excluding carboxylic acids is 2. The fraction of sp³-hybridized carbons (Fsp3) is 0.818. The van der Waals surface area contributed by atoms with Crippen molar-refractivity contribution < 1.29 is 18.9 Å². The molecule has 0 aromatic heterocycles. The molecule has 1 saturated heterocycles. The maximum Gasteiger partial charge on any atom is 0.601 e. The topological polar surface area (TPSA) is 64.6 Å². The quantitative estimate of drug-likeness (QED) is 0.731. The predicted molar refractivity (Wildman–Crippen MR) is 64.4 cm³/mol. The second-order valence-corrected chi connectivity index (χ2v) is 4.26. The zero-order valence-corrected chi connectivity index (χ0v) is 10.5. The normalized spacial score (nSPS) is 19.1. The standard InChI is InChI=1S/C11H20BNO4/c1-3-5-6-9(4-2)12-16-10(14)7-13-8-11(15)17-12/h9,13H,3-8H2,1-2H3. The first-order valence-electron chi connectivity index (χ1n) is 6.27. The number of unbranched alkanes of at least 4 members (excludes halogenated alkanes) is 1. The molecule has 1 aliphatic rings. The highest BCUT2D eigenvalue weighted by molar-refractivity contribution is 6.50. The number of rotatable bonds is 5. The summed E-state index contributed by atoms with van der Waals surface area (Å²) in [6.45, 7) is 4.25. The van der Waals surface area contributed by atoms with E-state index in [1.54, 1.807) is 0 Å². The van der Waals surface area contributed by atoms with E-state index in [2.05, 4.69) is 12.2 Å². The van der Waals surface area contributed by atoms with Gasteiger partial charge in [-0.05, 0) is 6.42 Å². The van der Waals surface area contributed by atoms with Gasteiger partial charge < -0.3 is 9.31 Å². The van der Waals surface area contributed by atoms with Crippen molar-refractivity contribution in [1.82, 2.24) is 5.32 Å². The van der Waals surface area contributed by atoms with Crippen molar-refractivity contribution in [1.29, 1.82) is 0 Å². The Kier molecular flexibility index (Phi) is 6.04. The van der Waals surface area contributed by atoms with Crippen LogP contribution in [0.1, 0.15) is 39.5 Å². The Hall–Kier alpha value is -1.04. The molecule has 0 bridgehead atoms. The maximum absolute atomic E-state index is 11.4. The summed E-state index contributed by atoms with van der Waals surface area (Å²) in [7, 11) is -0.714. The van der Waals surface area contributed by atoms with E-state index < -0.39 is 7.12 Å². The summed E-state index contributed by atoms with van der Waals surface area (Å²) in [5.41, 5.74) is 0. The SMILES string of the molecule is CCCCC(CC)B1OC(=O)CNCC(=O)O1. The lowest BCUT2D eigenvalue weighted by atomic mass is 9.67. The van der Waals surface area contributed by atoms with Crippen molar-refractivity contribution in [3.05, 3.63) is 0 Å². The third kappa shape index (κ3) is 4.77. The molecule has 0 saturated carbocycles. The molecular formula is C11H20BNO4. The summed E-state index contributed by atoms with van der Waals surface area (Å²) in [6.07, 6.45) is 3.86. The van der Waals surface area contributed by atoms with Crippen molar-refractivity contribution in [2.24, 2.45) is 0 Å². The van der Waals surface area contributed by atoms with Crippen LogP contribution < -0.4 is 5.32 Å². The lowest BCUT2D eigenvalue weighted by molar-refractivity contribution is -0.142. The van der Waals surface area contributed by atoms with E-state index in [-0.39, 0.29) is 30.8 Å². The number of carbonyl (C=O) groups is 2. The molecule has 1 fully saturated rings. The highest BCUT2D eigenvalue weighted by Gasteiger charge is 2.37. The van der Waals surface area contributed by atoms with Crippen LogP contribution in [-0.2, 0) is 18.9 Å². The van der Waals surface area contributed by atoms with Gasteiger partial charge in [-0.3, -0.25) is 14.9 Å². The van der Waals surface area contributed by atoms with Gasteiger partial charge >= 0.3 is 19.1 Å². The molecule has 0 radical (unpaired) electrons. The van der Waals surface area contributed by atoms with E-state index >= 15 is 0 Å². The van der Waals surface area contributed by atoms with Gasteiger partial charge in [0.15, 0.2) is 0 Å². The smallest absolute Gasteiger partial charge is 0.498 e. The summed E-state index contributed by atoms with van der Waals surface area (Å²) >= 11 is 0. The summed E-state index contributed by atoms with van der Waals surface area (Å²) in [4.78, 5) is 22.7. The Bertz CT molecular complexity index is 254. The second kappa shape index (κ2) is 7.32. The molecule has 0 aromatic rings. The molecule has 6 heteroatoms. The summed E-state index contributed by atoms with van der Waals surface area (Å²) in [6, 6.07) is 0. The maximum atomic E-state index is 11.4. The van der Waals surface area contributed by atoms with Gasteiger partial charge in [-0.1, -0.05) is 33.1 Å². The van der Waals surface area contributed by atoms with Gasteiger partial charge in [-0.25, -0.2) is 0 Å². The van der Waals surface area contributed by atoms with Crippen LogP contribution in [0.15, 0.2) is 0 Å². The van der Waals surface area contributed by atoms with Crippen LogP contribution in [0.5, 0.6) is 0 Å². The van der Waals surface area contributed by atoms with Gasteiger partial charge in [-0.2, -0.15) is 0 Å². The molecule has 17 heavy (non-hydrogen) atoms. The van der Waals surface area contributed by atoms with E-state index in [1.165, 1.54) is 0 Å².